The van der Waals surface area contributed by atoms with Crippen LogP contribution in [0.15, 0.2) is 72.3 Å². The molecule has 3 aromatic rings. The van der Waals surface area contributed by atoms with Crippen LogP contribution in [0.1, 0.15) is 22.7 Å². The summed E-state index contributed by atoms with van der Waals surface area (Å²) in [5.41, 5.74) is 1.61. The molecule has 2 aliphatic heterocycles. The van der Waals surface area contributed by atoms with Crippen molar-refractivity contribution >= 4 is 29.1 Å². The fourth-order valence-electron chi connectivity index (χ4n) is 4.32. The summed E-state index contributed by atoms with van der Waals surface area (Å²) in [4.78, 5) is 39.4. The third kappa shape index (κ3) is 4.00. The lowest BCUT2D eigenvalue weighted by atomic mass is 9.94. The highest BCUT2D eigenvalue weighted by molar-refractivity contribution is 6.51. The molecule has 0 aromatic heterocycles. The molecule has 0 aliphatic carbocycles. The number of aliphatic hydroxyl groups excluding tert-OH is 1. The first-order chi connectivity index (χ1) is 17.4. The molecule has 0 radical (unpaired) electrons. The van der Waals surface area contributed by atoms with Gasteiger partial charge in [0.2, 0.25) is 6.79 Å². The number of aromatic hydroxyl groups is 1. The molecule has 2 heterocycles. The predicted molar refractivity (Wildman–Crippen MR) is 128 cm³/mol. The Kier molecular flexibility index (Phi) is 5.81. The summed E-state index contributed by atoms with van der Waals surface area (Å²) in [5.74, 6) is -1.67. The fraction of sp³-hybridized carbons (Fsp3) is 0.148. The number of hydrogen-bond acceptors (Lipinski definition) is 8. The molecule has 3 aromatic carbocycles. The number of Topliss-reactive ketones (excluding diaryl/α,β-unsaturated/α-hetero) is 1. The summed E-state index contributed by atoms with van der Waals surface area (Å²) in [6.45, 7) is 0.0409. The van der Waals surface area contributed by atoms with E-state index in [1.165, 1.54) is 30.2 Å². The Balaban J connectivity index is 1.62. The third-order valence-electron chi connectivity index (χ3n) is 6.07. The van der Waals surface area contributed by atoms with Crippen LogP contribution in [-0.2, 0) is 25.5 Å². The Hall–Kier alpha value is -4.79. The van der Waals surface area contributed by atoms with Crippen molar-refractivity contribution in [3.05, 3.63) is 89.0 Å². The Bertz CT molecular complexity index is 1410. The van der Waals surface area contributed by atoms with Crippen LogP contribution in [0.25, 0.3) is 5.76 Å². The minimum atomic E-state index is -1.02. The molecule has 0 saturated carbocycles. The summed E-state index contributed by atoms with van der Waals surface area (Å²) in [6, 6.07) is 16.4. The number of carbonyl (C=O) groups is 3. The molecule has 1 saturated heterocycles. The standard InChI is InChI=1S/C27H21NO8/c1-34-22(30)11-15-5-8-18(9-6-15)28-24(16-3-2-4-19(29)12-16)23(26(32)27(28)33)25(31)17-7-10-20-21(13-17)36-14-35-20/h2-10,12-13,24,29,31H,11,14H2,1H3/b25-23-. The lowest BCUT2D eigenvalue weighted by Gasteiger charge is -2.25. The van der Waals surface area contributed by atoms with Crippen molar-refractivity contribution in [3.8, 4) is 17.2 Å². The van der Waals surface area contributed by atoms with Crippen LogP contribution in [0.2, 0.25) is 0 Å². The van der Waals surface area contributed by atoms with Gasteiger partial charge in [0.15, 0.2) is 11.5 Å². The number of methoxy groups -OCH3 is 1. The van der Waals surface area contributed by atoms with Crippen molar-refractivity contribution in [1.82, 2.24) is 0 Å². The largest absolute Gasteiger partial charge is 0.508 e. The second kappa shape index (κ2) is 9.10. The maximum absolute atomic E-state index is 13.3. The minimum Gasteiger partial charge on any atom is -0.508 e. The average Bonchev–Trinajstić information content (AvgIpc) is 3.46. The van der Waals surface area contributed by atoms with Crippen molar-refractivity contribution in [3.63, 3.8) is 0 Å². The van der Waals surface area contributed by atoms with Gasteiger partial charge in [-0.25, -0.2) is 0 Å². The number of nitrogens with zero attached hydrogens (tertiary/aromatic N) is 1. The van der Waals surface area contributed by atoms with Crippen molar-refractivity contribution in [2.75, 3.05) is 18.8 Å². The number of hydrogen-bond donors (Lipinski definition) is 2. The Morgan fingerprint density at radius 2 is 1.78 bits per heavy atom. The first-order valence-electron chi connectivity index (χ1n) is 11.0. The molecule has 9 heteroatoms. The van der Waals surface area contributed by atoms with Crippen LogP contribution in [-0.4, -0.2) is 41.8 Å². The Morgan fingerprint density at radius 3 is 2.50 bits per heavy atom. The minimum absolute atomic E-state index is 0.0409. The Labute approximate surface area is 205 Å². The van der Waals surface area contributed by atoms with E-state index in [1.807, 2.05) is 0 Å². The molecule has 1 fully saturated rings. The van der Waals surface area contributed by atoms with Crippen molar-refractivity contribution in [2.45, 2.75) is 12.5 Å². The van der Waals surface area contributed by atoms with E-state index in [-0.39, 0.29) is 35.9 Å². The van der Waals surface area contributed by atoms with Gasteiger partial charge in [0, 0.05) is 11.3 Å². The normalized spacial score (nSPS) is 17.9. The van der Waals surface area contributed by atoms with Gasteiger partial charge in [-0.1, -0.05) is 24.3 Å². The third-order valence-corrected chi connectivity index (χ3v) is 6.07. The maximum atomic E-state index is 13.3. The molecule has 9 nitrogen and oxygen atoms in total. The van der Waals surface area contributed by atoms with Crippen LogP contribution in [0.5, 0.6) is 17.2 Å². The number of phenolic OH excluding ortho intramolecular Hbond substituents is 1. The van der Waals surface area contributed by atoms with Crippen molar-refractivity contribution in [2.24, 2.45) is 0 Å². The molecule has 5 rings (SSSR count). The van der Waals surface area contributed by atoms with E-state index in [9.17, 15) is 24.6 Å². The fourth-order valence-corrected chi connectivity index (χ4v) is 4.32. The van der Waals surface area contributed by atoms with Gasteiger partial charge < -0.3 is 24.4 Å². The van der Waals surface area contributed by atoms with Crippen LogP contribution in [0.4, 0.5) is 5.69 Å². The van der Waals surface area contributed by atoms with Crippen LogP contribution >= 0.6 is 0 Å². The first-order valence-corrected chi connectivity index (χ1v) is 11.0. The monoisotopic (exact) mass is 487 g/mol. The molecule has 1 amide bonds. The topological polar surface area (TPSA) is 123 Å². The van der Waals surface area contributed by atoms with Gasteiger partial charge in [-0.05, 0) is 53.6 Å². The van der Waals surface area contributed by atoms with Crippen LogP contribution < -0.4 is 14.4 Å². The van der Waals surface area contributed by atoms with Crippen LogP contribution in [0, 0.1) is 0 Å². The number of carbonyl (C=O) groups excluding carboxylic acids is 3. The van der Waals surface area contributed by atoms with E-state index < -0.39 is 23.7 Å². The zero-order chi connectivity index (χ0) is 25.4. The molecule has 0 spiro atoms. The number of anilines is 1. The molecule has 182 valence electrons. The van der Waals surface area contributed by atoms with E-state index in [0.29, 0.717) is 28.3 Å². The number of ketones is 1. The van der Waals surface area contributed by atoms with Crippen molar-refractivity contribution in [1.29, 1.82) is 0 Å². The Morgan fingerprint density at radius 1 is 1.03 bits per heavy atom. The summed E-state index contributed by atoms with van der Waals surface area (Å²) >= 11 is 0. The maximum Gasteiger partial charge on any atom is 0.309 e. The summed E-state index contributed by atoms with van der Waals surface area (Å²) in [7, 11) is 1.30. The number of ether oxygens (including phenoxy) is 3. The van der Waals surface area contributed by atoms with Gasteiger partial charge in [-0.3, -0.25) is 19.3 Å². The van der Waals surface area contributed by atoms with Gasteiger partial charge >= 0.3 is 5.97 Å². The summed E-state index contributed by atoms with van der Waals surface area (Å²) < 4.78 is 15.4. The van der Waals surface area contributed by atoms with Gasteiger partial charge in [-0.15, -0.1) is 0 Å². The van der Waals surface area contributed by atoms with E-state index >= 15 is 0 Å². The highest BCUT2D eigenvalue weighted by Gasteiger charge is 2.47. The van der Waals surface area contributed by atoms with E-state index in [1.54, 1.807) is 48.5 Å². The first kappa shape index (κ1) is 23.0. The molecule has 2 aliphatic rings. The van der Waals surface area contributed by atoms with E-state index in [0.717, 1.165) is 0 Å². The number of amides is 1. The summed E-state index contributed by atoms with van der Waals surface area (Å²) in [5, 5.41) is 21.4. The smallest absolute Gasteiger partial charge is 0.309 e. The zero-order valence-corrected chi connectivity index (χ0v) is 19.1. The number of fused-ring (bicyclic) bond motifs is 1. The quantitative estimate of drug-likeness (QED) is 0.243. The molecular weight excluding hydrogens is 466 g/mol. The van der Waals surface area contributed by atoms with Gasteiger partial charge in [0.25, 0.3) is 11.7 Å². The average molecular weight is 487 g/mol. The van der Waals surface area contributed by atoms with Crippen molar-refractivity contribution < 1.29 is 38.8 Å². The lowest BCUT2D eigenvalue weighted by molar-refractivity contribution is -0.139. The second-order valence-corrected chi connectivity index (χ2v) is 8.25. The molecule has 1 atom stereocenters. The van der Waals surface area contributed by atoms with Gasteiger partial charge in [0.1, 0.15) is 11.5 Å². The predicted octanol–water partition coefficient (Wildman–Crippen LogP) is 3.46. The zero-order valence-electron chi connectivity index (χ0n) is 19.1. The summed E-state index contributed by atoms with van der Waals surface area (Å²) in [6.07, 6.45) is 0.0513. The molecule has 0 bridgehead atoms. The number of rotatable bonds is 5. The number of phenols is 1. The highest BCUT2D eigenvalue weighted by Crippen LogP contribution is 2.44. The molecule has 36 heavy (non-hydrogen) atoms. The van der Waals surface area contributed by atoms with Gasteiger partial charge in [-0.2, -0.15) is 0 Å². The van der Waals surface area contributed by atoms with Crippen LogP contribution in [0.3, 0.4) is 0 Å². The number of benzene rings is 3. The van der Waals surface area contributed by atoms with Gasteiger partial charge in [0.05, 0.1) is 25.1 Å². The SMILES string of the molecule is COC(=O)Cc1ccc(N2C(=O)C(=O)/C(=C(\O)c3ccc4c(c3)OCO4)C2c2cccc(O)c2)cc1. The molecule has 2 N–H and O–H groups in total. The highest BCUT2D eigenvalue weighted by atomic mass is 16.7. The molecule has 1 unspecified atom stereocenters. The number of esters is 1. The number of aliphatic hydroxyl groups is 1. The molecular formula is C27H21NO8. The lowest BCUT2D eigenvalue weighted by Crippen LogP contribution is -2.29. The van der Waals surface area contributed by atoms with E-state index in [2.05, 4.69) is 4.74 Å². The second-order valence-electron chi connectivity index (χ2n) is 8.25. The van der Waals surface area contributed by atoms with E-state index in [4.69, 9.17) is 9.47 Å².